The zero-order valence-corrected chi connectivity index (χ0v) is 18.1. The fourth-order valence-corrected chi connectivity index (χ4v) is 2.45. The van der Waals surface area contributed by atoms with Gasteiger partial charge in [0.1, 0.15) is 0 Å². The Hall–Kier alpha value is -3.68. The number of carbonyl (C=O) groups is 4. The van der Waals surface area contributed by atoms with Crippen molar-refractivity contribution in [3.05, 3.63) is 59.7 Å². The summed E-state index contributed by atoms with van der Waals surface area (Å²) in [5.41, 5.74) is 0.907. The molecule has 2 rings (SSSR count). The number of esters is 1. The van der Waals surface area contributed by atoms with E-state index >= 15 is 0 Å². The van der Waals surface area contributed by atoms with Crippen LogP contribution in [0.2, 0.25) is 0 Å². The predicted molar refractivity (Wildman–Crippen MR) is 118 cm³/mol. The lowest BCUT2D eigenvalue weighted by molar-refractivity contribution is -0.123. The molecule has 3 N–H and O–H groups in total. The Balaban J connectivity index is 1.93. The van der Waals surface area contributed by atoms with Crippen LogP contribution < -0.4 is 16.0 Å². The van der Waals surface area contributed by atoms with Crippen molar-refractivity contribution < 1.29 is 23.9 Å². The summed E-state index contributed by atoms with van der Waals surface area (Å²) in [6, 6.07) is 12.7. The summed E-state index contributed by atoms with van der Waals surface area (Å²) in [7, 11) is 0. The van der Waals surface area contributed by atoms with Crippen LogP contribution >= 0.6 is 0 Å². The van der Waals surface area contributed by atoms with Crippen LogP contribution in [0.25, 0.3) is 0 Å². The number of amides is 3. The van der Waals surface area contributed by atoms with Gasteiger partial charge in [-0.2, -0.15) is 0 Å². The summed E-state index contributed by atoms with van der Waals surface area (Å²) >= 11 is 0. The third kappa shape index (κ3) is 7.26. The lowest BCUT2D eigenvalue weighted by Crippen LogP contribution is -2.27. The van der Waals surface area contributed by atoms with E-state index in [9.17, 15) is 19.2 Å². The summed E-state index contributed by atoms with van der Waals surface area (Å²) in [6.45, 7) is 7.16. The van der Waals surface area contributed by atoms with Crippen LogP contribution in [0.1, 0.15) is 48.4 Å². The quantitative estimate of drug-likeness (QED) is 0.590. The molecule has 0 spiro atoms. The monoisotopic (exact) mass is 425 g/mol. The Morgan fingerprint density at radius 1 is 0.871 bits per heavy atom. The third-order valence-electron chi connectivity index (χ3n) is 4.12. The number of benzene rings is 2. The maximum Gasteiger partial charge on any atom is 0.338 e. The zero-order valence-electron chi connectivity index (χ0n) is 18.1. The molecule has 0 aliphatic carbocycles. The van der Waals surface area contributed by atoms with Gasteiger partial charge in [-0.15, -0.1) is 0 Å². The molecule has 8 nitrogen and oxygen atoms in total. The first kappa shape index (κ1) is 23.6. The van der Waals surface area contributed by atoms with Crippen molar-refractivity contribution in [1.82, 2.24) is 5.32 Å². The van der Waals surface area contributed by atoms with Crippen molar-refractivity contribution in [3.63, 3.8) is 0 Å². The molecular weight excluding hydrogens is 398 g/mol. The van der Waals surface area contributed by atoms with E-state index in [1.807, 2.05) is 6.92 Å². The van der Waals surface area contributed by atoms with E-state index in [2.05, 4.69) is 16.0 Å². The second-order valence-corrected chi connectivity index (χ2v) is 7.85. The Morgan fingerprint density at radius 2 is 1.45 bits per heavy atom. The Bertz CT molecular complexity index is 979. The third-order valence-corrected chi connectivity index (χ3v) is 4.12. The van der Waals surface area contributed by atoms with Gasteiger partial charge in [-0.1, -0.05) is 32.9 Å². The molecule has 0 unspecified atom stereocenters. The molecule has 0 aliphatic heterocycles. The highest BCUT2D eigenvalue weighted by atomic mass is 16.5. The minimum Gasteiger partial charge on any atom is -0.452 e. The lowest BCUT2D eigenvalue weighted by Gasteiger charge is -2.17. The molecule has 0 saturated carbocycles. The fraction of sp³-hybridized carbons (Fsp3) is 0.304. The van der Waals surface area contributed by atoms with Crippen LogP contribution in [-0.4, -0.2) is 36.8 Å². The number of nitrogens with one attached hydrogen (secondary N) is 3. The van der Waals surface area contributed by atoms with E-state index in [0.29, 0.717) is 23.5 Å². The molecule has 164 valence electrons. The highest BCUT2D eigenvalue weighted by Crippen LogP contribution is 2.18. The Morgan fingerprint density at radius 3 is 2.06 bits per heavy atom. The molecular formula is C23H27N3O5. The van der Waals surface area contributed by atoms with E-state index in [1.165, 1.54) is 18.2 Å². The number of hydrogen-bond donors (Lipinski definition) is 3. The van der Waals surface area contributed by atoms with Crippen LogP contribution in [0, 0.1) is 5.41 Å². The van der Waals surface area contributed by atoms with Crippen LogP contribution in [0.4, 0.5) is 11.4 Å². The van der Waals surface area contributed by atoms with Crippen LogP contribution in [-0.2, 0) is 14.3 Å². The van der Waals surface area contributed by atoms with E-state index in [-0.39, 0.29) is 17.4 Å². The molecule has 0 saturated heterocycles. The molecule has 3 amide bonds. The highest BCUT2D eigenvalue weighted by molar-refractivity contribution is 5.99. The lowest BCUT2D eigenvalue weighted by atomic mass is 9.95. The van der Waals surface area contributed by atoms with Crippen molar-refractivity contribution in [2.24, 2.45) is 5.41 Å². The number of anilines is 2. The SMILES string of the molecule is CCNC(=O)c1cccc(NC(=O)COC(=O)c2cccc(NC(=O)C(C)(C)C)c2)c1. The van der Waals surface area contributed by atoms with Crippen molar-refractivity contribution in [1.29, 1.82) is 0 Å². The minimum atomic E-state index is -0.696. The average molecular weight is 425 g/mol. The fourth-order valence-electron chi connectivity index (χ4n) is 2.45. The number of carbonyl (C=O) groups excluding carboxylic acids is 4. The predicted octanol–water partition coefficient (Wildman–Crippen LogP) is 3.22. The van der Waals surface area contributed by atoms with E-state index in [1.54, 1.807) is 51.1 Å². The second kappa shape index (κ2) is 10.4. The average Bonchev–Trinajstić information content (AvgIpc) is 2.72. The number of hydrogen-bond acceptors (Lipinski definition) is 5. The van der Waals surface area contributed by atoms with Gasteiger partial charge in [0, 0.05) is 28.9 Å². The second-order valence-electron chi connectivity index (χ2n) is 7.85. The zero-order chi connectivity index (χ0) is 23.0. The molecule has 0 fully saturated rings. The molecule has 0 aromatic heterocycles. The van der Waals surface area contributed by atoms with Crippen LogP contribution in [0.3, 0.4) is 0 Å². The molecule has 0 aliphatic rings. The first-order valence-corrected chi connectivity index (χ1v) is 9.87. The van der Waals surface area contributed by atoms with Gasteiger partial charge >= 0.3 is 5.97 Å². The normalized spacial score (nSPS) is 10.7. The Kier molecular flexibility index (Phi) is 7.90. The molecule has 0 radical (unpaired) electrons. The van der Waals surface area contributed by atoms with Gasteiger partial charge in [0.15, 0.2) is 6.61 Å². The maximum atomic E-state index is 12.3. The summed E-state index contributed by atoms with van der Waals surface area (Å²) in [4.78, 5) is 48.4. The van der Waals surface area contributed by atoms with Gasteiger partial charge in [0.05, 0.1) is 5.56 Å². The topological polar surface area (TPSA) is 114 Å². The number of rotatable bonds is 7. The van der Waals surface area contributed by atoms with Crippen LogP contribution in [0.5, 0.6) is 0 Å². The molecule has 8 heteroatoms. The van der Waals surface area contributed by atoms with Crippen molar-refractivity contribution in [3.8, 4) is 0 Å². The van der Waals surface area contributed by atoms with Crippen LogP contribution in [0.15, 0.2) is 48.5 Å². The molecule has 2 aromatic rings. The molecule has 0 bridgehead atoms. The molecule has 0 heterocycles. The molecule has 31 heavy (non-hydrogen) atoms. The summed E-state index contributed by atoms with van der Waals surface area (Å²) < 4.78 is 5.06. The summed E-state index contributed by atoms with van der Waals surface area (Å²) in [5.74, 6) is -1.67. The first-order chi connectivity index (χ1) is 14.6. The maximum absolute atomic E-state index is 12.3. The van der Waals surface area contributed by atoms with Gasteiger partial charge in [0.25, 0.3) is 11.8 Å². The van der Waals surface area contributed by atoms with Gasteiger partial charge < -0.3 is 20.7 Å². The smallest absolute Gasteiger partial charge is 0.338 e. The van der Waals surface area contributed by atoms with Gasteiger partial charge in [0.2, 0.25) is 5.91 Å². The summed E-state index contributed by atoms with van der Waals surface area (Å²) in [5, 5.41) is 8.00. The van der Waals surface area contributed by atoms with E-state index < -0.39 is 23.9 Å². The van der Waals surface area contributed by atoms with Crippen molar-refractivity contribution in [2.45, 2.75) is 27.7 Å². The standard InChI is InChI=1S/C23H27N3O5/c1-5-24-20(28)15-8-6-10-17(12-15)25-19(27)14-31-21(29)16-9-7-11-18(13-16)26-22(30)23(2,3)4/h6-13H,5,14H2,1-4H3,(H,24,28)(H,25,27)(H,26,30). The largest absolute Gasteiger partial charge is 0.452 e. The number of ether oxygens (including phenoxy) is 1. The van der Waals surface area contributed by atoms with E-state index in [4.69, 9.17) is 4.74 Å². The van der Waals surface area contributed by atoms with Crippen molar-refractivity contribution >= 4 is 35.1 Å². The Labute approximate surface area is 181 Å². The summed E-state index contributed by atoms with van der Waals surface area (Å²) in [6.07, 6.45) is 0. The molecule has 2 aromatic carbocycles. The minimum absolute atomic E-state index is 0.188. The van der Waals surface area contributed by atoms with Gasteiger partial charge in [-0.3, -0.25) is 14.4 Å². The van der Waals surface area contributed by atoms with E-state index in [0.717, 1.165) is 0 Å². The van der Waals surface area contributed by atoms with Crippen molar-refractivity contribution in [2.75, 3.05) is 23.8 Å². The van der Waals surface area contributed by atoms with Gasteiger partial charge in [-0.25, -0.2) is 4.79 Å². The highest BCUT2D eigenvalue weighted by Gasteiger charge is 2.21. The van der Waals surface area contributed by atoms with Gasteiger partial charge in [-0.05, 0) is 43.3 Å². The first-order valence-electron chi connectivity index (χ1n) is 9.87. The molecule has 0 atom stereocenters.